The molecule has 4 heteroatoms. The van der Waals surface area contributed by atoms with Gasteiger partial charge in [-0.1, -0.05) is 36.4 Å². The van der Waals surface area contributed by atoms with E-state index in [1.165, 1.54) is 0 Å². The number of hydrogen-bond acceptors (Lipinski definition) is 4. The monoisotopic (exact) mass is 285 g/mol. The molecule has 0 aromatic heterocycles. The number of benzene rings is 2. The highest BCUT2D eigenvalue weighted by Gasteiger charge is 2.06. The quantitative estimate of drug-likeness (QED) is 0.579. The summed E-state index contributed by atoms with van der Waals surface area (Å²) < 4.78 is 10.4. The lowest BCUT2D eigenvalue weighted by atomic mass is 10.3. The number of ether oxygens (including phenoxy) is 2. The first kappa shape index (κ1) is 14.9. The highest BCUT2D eigenvalue weighted by molar-refractivity contribution is 5.70. The van der Waals surface area contributed by atoms with Crippen LogP contribution in [0, 0.1) is 0 Å². The van der Waals surface area contributed by atoms with Crippen molar-refractivity contribution in [2.45, 2.75) is 6.42 Å². The molecule has 2 aromatic carbocycles. The van der Waals surface area contributed by atoms with E-state index in [0.29, 0.717) is 18.7 Å². The van der Waals surface area contributed by atoms with Gasteiger partial charge in [0, 0.05) is 19.3 Å². The van der Waals surface area contributed by atoms with Crippen LogP contribution in [0.15, 0.2) is 60.7 Å². The summed E-state index contributed by atoms with van der Waals surface area (Å²) >= 11 is 0. The molecule has 2 aromatic rings. The molecule has 0 fully saturated rings. The van der Waals surface area contributed by atoms with E-state index in [9.17, 15) is 4.79 Å². The van der Waals surface area contributed by atoms with Crippen molar-refractivity contribution in [3.05, 3.63) is 60.7 Å². The maximum absolute atomic E-state index is 11.6. The summed E-state index contributed by atoms with van der Waals surface area (Å²) in [5.74, 6) is 0.417. The minimum atomic E-state index is -0.270. The Balaban J connectivity index is 1.66. The van der Waals surface area contributed by atoms with Crippen LogP contribution in [-0.2, 0) is 9.53 Å². The van der Waals surface area contributed by atoms with Gasteiger partial charge in [0.2, 0.25) is 6.79 Å². The maximum Gasteiger partial charge on any atom is 0.310 e. The molecule has 0 aliphatic carbocycles. The SMILES string of the molecule is CN(CCC(=O)OCOc1ccccc1)c1ccccc1. The third-order valence-electron chi connectivity index (χ3n) is 3.04. The summed E-state index contributed by atoms with van der Waals surface area (Å²) in [5.41, 5.74) is 1.07. The molecule has 0 aliphatic rings. The smallest absolute Gasteiger partial charge is 0.310 e. The fourth-order valence-electron chi connectivity index (χ4n) is 1.82. The second-order valence-corrected chi connectivity index (χ2v) is 4.60. The number of anilines is 1. The molecule has 0 radical (unpaired) electrons. The average Bonchev–Trinajstić information content (AvgIpc) is 2.54. The van der Waals surface area contributed by atoms with Crippen molar-refractivity contribution in [1.29, 1.82) is 0 Å². The molecule has 110 valence electrons. The van der Waals surface area contributed by atoms with Crippen molar-refractivity contribution in [2.75, 3.05) is 25.3 Å². The van der Waals surface area contributed by atoms with Gasteiger partial charge < -0.3 is 14.4 Å². The average molecular weight is 285 g/mol. The molecule has 21 heavy (non-hydrogen) atoms. The van der Waals surface area contributed by atoms with Crippen LogP contribution < -0.4 is 9.64 Å². The van der Waals surface area contributed by atoms with Gasteiger partial charge in [-0.3, -0.25) is 4.79 Å². The van der Waals surface area contributed by atoms with Crippen molar-refractivity contribution in [3.8, 4) is 5.75 Å². The summed E-state index contributed by atoms with van der Waals surface area (Å²) in [7, 11) is 1.95. The van der Waals surface area contributed by atoms with E-state index in [4.69, 9.17) is 9.47 Å². The Hall–Kier alpha value is -2.49. The van der Waals surface area contributed by atoms with Crippen LogP contribution >= 0.6 is 0 Å². The number of hydrogen-bond donors (Lipinski definition) is 0. The van der Waals surface area contributed by atoms with Crippen LogP contribution in [0.4, 0.5) is 5.69 Å². The van der Waals surface area contributed by atoms with Crippen LogP contribution in [0.1, 0.15) is 6.42 Å². The van der Waals surface area contributed by atoms with Crippen LogP contribution in [0.3, 0.4) is 0 Å². The summed E-state index contributed by atoms with van der Waals surface area (Å²) in [6, 6.07) is 19.2. The van der Waals surface area contributed by atoms with Crippen LogP contribution in [0.25, 0.3) is 0 Å². The zero-order chi connectivity index (χ0) is 14.9. The topological polar surface area (TPSA) is 38.8 Å². The van der Waals surface area contributed by atoms with Crippen molar-refractivity contribution in [2.24, 2.45) is 0 Å². The van der Waals surface area contributed by atoms with Gasteiger partial charge in [0.25, 0.3) is 0 Å². The Bertz CT molecular complexity index is 542. The van der Waals surface area contributed by atoms with Gasteiger partial charge in [-0.2, -0.15) is 0 Å². The fourth-order valence-corrected chi connectivity index (χ4v) is 1.82. The van der Waals surface area contributed by atoms with E-state index in [1.807, 2.05) is 72.6 Å². The number of esters is 1. The molecule has 0 aliphatic heterocycles. The van der Waals surface area contributed by atoms with Gasteiger partial charge in [0.15, 0.2) is 0 Å². The molecule has 0 atom stereocenters. The summed E-state index contributed by atoms with van der Waals surface area (Å²) in [6.45, 7) is 0.548. The first-order chi connectivity index (χ1) is 10.3. The van der Waals surface area contributed by atoms with Crippen molar-refractivity contribution < 1.29 is 14.3 Å². The largest absolute Gasteiger partial charge is 0.457 e. The first-order valence-electron chi connectivity index (χ1n) is 6.85. The lowest BCUT2D eigenvalue weighted by Crippen LogP contribution is -2.22. The molecule has 0 N–H and O–H groups in total. The summed E-state index contributed by atoms with van der Waals surface area (Å²) in [5, 5.41) is 0. The predicted molar refractivity (Wildman–Crippen MR) is 82.4 cm³/mol. The van der Waals surface area contributed by atoms with E-state index in [0.717, 1.165) is 5.69 Å². The standard InChI is InChI=1S/C17H19NO3/c1-18(15-8-4-2-5-9-15)13-12-17(19)21-14-20-16-10-6-3-7-11-16/h2-11H,12-14H2,1H3. The fraction of sp³-hybridized carbons (Fsp3) is 0.235. The number of carbonyl (C=O) groups excluding carboxylic acids is 1. The summed E-state index contributed by atoms with van der Waals surface area (Å²) in [6.07, 6.45) is 0.323. The van der Waals surface area contributed by atoms with Crippen molar-refractivity contribution >= 4 is 11.7 Å². The van der Waals surface area contributed by atoms with Crippen molar-refractivity contribution in [1.82, 2.24) is 0 Å². The molecular weight excluding hydrogens is 266 g/mol. The molecule has 0 spiro atoms. The molecular formula is C17H19NO3. The third-order valence-corrected chi connectivity index (χ3v) is 3.04. The van der Waals surface area contributed by atoms with E-state index in [1.54, 1.807) is 0 Å². The zero-order valence-corrected chi connectivity index (χ0v) is 12.1. The van der Waals surface area contributed by atoms with Crippen LogP contribution in [0.2, 0.25) is 0 Å². The third kappa shape index (κ3) is 5.18. The number of nitrogens with zero attached hydrogens (tertiary/aromatic N) is 1. The number of para-hydroxylation sites is 2. The van der Waals surface area contributed by atoms with Gasteiger partial charge in [-0.05, 0) is 24.3 Å². The van der Waals surface area contributed by atoms with E-state index >= 15 is 0 Å². The Labute approximate surface area is 124 Å². The Kier molecular flexibility index (Phi) is 5.64. The highest BCUT2D eigenvalue weighted by Crippen LogP contribution is 2.11. The van der Waals surface area contributed by atoms with E-state index in [-0.39, 0.29) is 12.8 Å². The van der Waals surface area contributed by atoms with Gasteiger partial charge in [0.1, 0.15) is 5.75 Å². The molecule has 0 saturated heterocycles. The van der Waals surface area contributed by atoms with Crippen molar-refractivity contribution in [3.63, 3.8) is 0 Å². The lowest BCUT2D eigenvalue weighted by Gasteiger charge is -2.18. The van der Waals surface area contributed by atoms with Gasteiger partial charge in [-0.25, -0.2) is 0 Å². The Morgan fingerprint density at radius 2 is 1.62 bits per heavy atom. The summed E-state index contributed by atoms with van der Waals surface area (Å²) in [4.78, 5) is 13.7. The van der Waals surface area contributed by atoms with Crippen LogP contribution in [-0.4, -0.2) is 26.4 Å². The molecule has 0 saturated carbocycles. The molecule has 0 bridgehead atoms. The number of rotatable bonds is 7. The van der Waals surface area contributed by atoms with Gasteiger partial charge >= 0.3 is 5.97 Å². The van der Waals surface area contributed by atoms with E-state index < -0.39 is 0 Å². The molecule has 2 rings (SSSR count). The molecule has 0 amide bonds. The Morgan fingerprint density at radius 1 is 1.00 bits per heavy atom. The van der Waals surface area contributed by atoms with Crippen LogP contribution in [0.5, 0.6) is 5.75 Å². The lowest BCUT2D eigenvalue weighted by molar-refractivity contribution is -0.149. The second-order valence-electron chi connectivity index (χ2n) is 4.60. The predicted octanol–water partition coefficient (Wildman–Crippen LogP) is 3.09. The molecule has 0 heterocycles. The number of carbonyl (C=O) groups is 1. The normalized spacial score (nSPS) is 9.95. The minimum Gasteiger partial charge on any atom is -0.457 e. The molecule has 4 nitrogen and oxygen atoms in total. The second kappa shape index (κ2) is 7.94. The molecule has 0 unspecified atom stereocenters. The Morgan fingerprint density at radius 3 is 2.29 bits per heavy atom. The van der Waals surface area contributed by atoms with Gasteiger partial charge in [-0.15, -0.1) is 0 Å². The van der Waals surface area contributed by atoms with E-state index in [2.05, 4.69) is 0 Å². The first-order valence-corrected chi connectivity index (χ1v) is 6.85. The maximum atomic E-state index is 11.6. The van der Waals surface area contributed by atoms with Gasteiger partial charge in [0.05, 0.1) is 6.42 Å². The zero-order valence-electron chi connectivity index (χ0n) is 12.1. The highest BCUT2D eigenvalue weighted by atomic mass is 16.7. The minimum absolute atomic E-state index is 0.0576.